The molecule has 1 aliphatic carbocycles. The van der Waals surface area contributed by atoms with Crippen molar-refractivity contribution in [2.45, 2.75) is 38.5 Å². The van der Waals surface area contributed by atoms with Gasteiger partial charge in [-0.25, -0.2) is 0 Å². The van der Waals surface area contributed by atoms with Crippen LogP contribution >= 0.6 is 0 Å². The average Bonchev–Trinajstić information content (AvgIpc) is 3.51. The summed E-state index contributed by atoms with van der Waals surface area (Å²) in [4.78, 5) is 4.76. The third-order valence-corrected chi connectivity index (χ3v) is 9.85. The van der Waals surface area contributed by atoms with E-state index in [0.717, 1.165) is 39.9 Å². The summed E-state index contributed by atoms with van der Waals surface area (Å²) in [5.74, 6) is 2.23. The minimum atomic E-state index is -2.31. The van der Waals surface area contributed by atoms with E-state index in [2.05, 4.69) is 68.1 Å². The van der Waals surface area contributed by atoms with E-state index in [1.165, 1.54) is 33.9 Å². The molecule has 0 saturated carbocycles. The Morgan fingerprint density at radius 1 is 0.791 bits per heavy atom. The van der Waals surface area contributed by atoms with E-state index in [1.54, 1.807) is 0 Å². The second kappa shape index (κ2) is 9.92. The Morgan fingerprint density at radius 2 is 1.60 bits per heavy atom. The molecule has 0 fully saturated rings. The topological polar surface area (TPSA) is 36.9 Å². The zero-order valence-electron chi connectivity index (χ0n) is 26.9. The standard InChI is InChI=1S/C37H32N4O.Pt/c1-37(2)18-9-10-25-20-30-29-17-16-28(22-34(29)41(35(30)23-31(25)37)36-15-6-7-19-38-36)42-27-12-8-11-26(21-27)40-24-39(3)32-13-4-5-14-33(32)40;/h4-8,11-17,19-23H,9-10,18H2,1-3H3;/i3D3;. The summed E-state index contributed by atoms with van der Waals surface area (Å²) in [7, 11) is 0. The molecule has 3 aromatic heterocycles. The van der Waals surface area contributed by atoms with Crippen molar-refractivity contribution in [2.75, 3.05) is 0 Å². The molecule has 8 rings (SSSR count). The van der Waals surface area contributed by atoms with Gasteiger partial charge in [0.25, 0.3) is 0 Å². The Bertz CT molecular complexity index is 2370. The van der Waals surface area contributed by atoms with Gasteiger partial charge in [-0.3, -0.25) is 0 Å². The summed E-state index contributed by atoms with van der Waals surface area (Å²) < 4.78 is 37.2. The number of imidazole rings is 1. The van der Waals surface area contributed by atoms with Crippen molar-refractivity contribution in [3.05, 3.63) is 118 Å². The Balaban J connectivity index is 1.26. The van der Waals surface area contributed by atoms with Gasteiger partial charge in [0.1, 0.15) is 0 Å². The number of ether oxygens (including phenoxy) is 1. The van der Waals surface area contributed by atoms with Gasteiger partial charge in [-0.1, -0.05) is 19.9 Å². The Kier molecular flexibility index (Phi) is 5.37. The van der Waals surface area contributed by atoms with Crippen molar-refractivity contribution in [2.24, 2.45) is 6.98 Å². The third kappa shape index (κ3) is 4.24. The van der Waals surface area contributed by atoms with E-state index in [-0.39, 0.29) is 5.41 Å². The van der Waals surface area contributed by atoms with E-state index >= 15 is 0 Å². The fourth-order valence-corrected chi connectivity index (χ4v) is 7.60. The molecule has 0 aliphatic heterocycles. The van der Waals surface area contributed by atoms with Crippen molar-refractivity contribution in [3.8, 4) is 23.0 Å². The molecule has 0 N–H and O–H groups in total. The van der Waals surface area contributed by atoms with Crippen LogP contribution in [0.1, 0.15) is 41.9 Å². The number of rotatable bonds is 4. The van der Waals surface area contributed by atoms with E-state index < -0.39 is 6.98 Å². The van der Waals surface area contributed by atoms with Gasteiger partial charge in [0.05, 0.1) is 0 Å². The van der Waals surface area contributed by atoms with Crippen molar-refractivity contribution >= 4 is 32.8 Å². The number of hydrogen-bond donors (Lipinski definition) is 0. The first-order valence-electron chi connectivity index (χ1n) is 16.1. The predicted octanol–water partition coefficient (Wildman–Crippen LogP) is 8.95. The summed E-state index contributed by atoms with van der Waals surface area (Å²) in [5.41, 5.74) is 7.45. The molecule has 5 nitrogen and oxygen atoms in total. The van der Waals surface area contributed by atoms with Crippen LogP contribution in [0.3, 0.4) is 0 Å². The molecule has 4 aromatic carbocycles. The minimum absolute atomic E-state index is 0.123. The van der Waals surface area contributed by atoms with E-state index in [9.17, 15) is 0 Å². The van der Waals surface area contributed by atoms with Crippen molar-refractivity contribution in [3.63, 3.8) is 0 Å². The van der Waals surface area contributed by atoms with Crippen LogP contribution in [0.5, 0.6) is 11.5 Å². The van der Waals surface area contributed by atoms with Crippen LogP contribution in [0, 0.1) is 3.80 Å². The number of para-hydroxylation sites is 2. The van der Waals surface area contributed by atoms with Gasteiger partial charge in [0.2, 0.25) is 0 Å². The molecular formula is C37H32N4OPt. The van der Waals surface area contributed by atoms with Gasteiger partial charge < -0.3 is 0 Å². The number of nitrogens with zero attached hydrogens (tertiary/aromatic N) is 4. The van der Waals surface area contributed by atoms with Crippen LogP contribution in [0.2, 0.25) is 0 Å². The van der Waals surface area contributed by atoms with E-state index in [4.69, 9.17) is 13.8 Å². The first-order chi connectivity index (χ1) is 22.1. The maximum atomic E-state index is 8.16. The molecule has 0 unspecified atom stereocenters. The summed E-state index contributed by atoms with van der Waals surface area (Å²) in [6, 6.07) is 32.4. The number of aryl methyl sites for hydroxylation is 2. The summed E-state index contributed by atoms with van der Waals surface area (Å²) in [6.07, 6.45) is 5.32. The normalized spacial score (nSPS) is 15.8. The van der Waals surface area contributed by atoms with Crippen LogP contribution in [-0.4, -0.2) is 18.7 Å². The quantitative estimate of drug-likeness (QED) is 0.181. The monoisotopic (exact) mass is 746 g/mol. The van der Waals surface area contributed by atoms with Gasteiger partial charge >= 0.3 is 198 Å². The van der Waals surface area contributed by atoms with Crippen molar-refractivity contribution < 1.29 is 28.2 Å². The Labute approximate surface area is 265 Å². The van der Waals surface area contributed by atoms with Crippen LogP contribution in [0.15, 0.2) is 103 Å². The molecule has 0 radical (unpaired) electrons. The molecule has 43 heavy (non-hydrogen) atoms. The molecule has 3 heterocycles. The number of hydrogen-bond acceptors (Lipinski definition) is 2. The zero-order valence-corrected chi connectivity index (χ0v) is 26.2. The van der Waals surface area contributed by atoms with Gasteiger partial charge in [-0.2, -0.15) is 0 Å². The SMILES string of the molecule is [2H]C([2H])([2H])n1[c](=[Pt])n(-c2cccc(Oc3ccc4c5cc6c(cc5n(-c5ccccn5)c4c3)C(C)(C)CCC6)c2)c2ccccc21. The first-order valence-corrected chi connectivity index (χ1v) is 15.7. The molecular weight excluding hydrogens is 712 g/mol. The maximum absolute atomic E-state index is 8.16. The molecule has 0 atom stereocenters. The number of fused-ring (bicyclic) bond motifs is 5. The van der Waals surface area contributed by atoms with Crippen molar-refractivity contribution in [1.29, 1.82) is 0 Å². The van der Waals surface area contributed by atoms with Crippen LogP contribution in [0.4, 0.5) is 0 Å². The van der Waals surface area contributed by atoms with Gasteiger partial charge in [0.15, 0.2) is 0 Å². The Morgan fingerprint density at radius 3 is 2.44 bits per heavy atom. The number of aromatic nitrogens is 4. The molecule has 0 bridgehead atoms. The summed E-state index contributed by atoms with van der Waals surface area (Å²) in [5, 5.41) is 2.39. The molecule has 0 amide bonds. The van der Waals surface area contributed by atoms with Crippen LogP contribution in [0.25, 0.3) is 44.3 Å². The Hall–Kier alpha value is -4.21. The number of pyridine rings is 1. The van der Waals surface area contributed by atoms with Crippen molar-refractivity contribution in [1.82, 2.24) is 18.7 Å². The fourth-order valence-electron chi connectivity index (χ4n) is 6.76. The van der Waals surface area contributed by atoms with Crippen LogP contribution in [-0.2, 0) is 38.2 Å². The molecule has 7 aromatic rings. The zero-order chi connectivity index (χ0) is 31.8. The van der Waals surface area contributed by atoms with Gasteiger partial charge in [-0.05, 0) is 41.9 Å². The molecule has 1 aliphatic rings. The third-order valence-electron chi connectivity index (χ3n) is 8.83. The van der Waals surface area contributed by atoms with Gasteiger partial charge in [-0.15, -0.1) is 0 Å². The molecule has 6 heteroatoms. The second-order valence-corrected chi connectivity index (χ2v) is 13.0. The molecule has 0 saturated heterocycles. The first kappa shape index (κ1) is 23.3. The number of benzene rings is 4. The second-order valence-electron chi connectivity index (χ2n) is 12.0. The summed E-state index contributed by atoms with van der Waals surface area (Å²) in [6.45, 7) is 2.39. The van der Waals surface area contributed by atoms with Gasteiger partial charge in [0, 0.05) is 6.20 Å². The summed E-state index contributed by atoms with van der Waals surface area (Å²) >= 11 is 2.09. The van der Waals surface area contributed by atoms with E-state index in [0.29, 0.717) is 20.8 Å². The molecule has 0 spiro atoms. The van der Waals surface area contributed by atoms with Crippen LogP contribution < -0.4 is 4.74 Å². The fraction of sp³-hybridized carbons (Fsp3) is 0.189. The average molecular weight is 747 g/mol. The molecule has 216 valence electrons. The van der Waals surface area contributed by atoms with E-state index in [1.807, 2.05) is 77.5 Å². The predicted molar refractivity (Wildman–Crippen MR) is 170 cm³/mol.